The molecule has 0 radical (unpaired) electrons. The molecule has 2 aliphatic rings. The molecule has 0 aliphatic carbocycles. The van der Waals surface area contributed by atoms with Crippen LogP contribution in [0.2, 0.25) is 0 Å². The lowest BCUT2D eigenvalue weighted by Crippen LogP contribution is -2.37. The Labute approximate surface area is 107 Å². The number of ether oxygens (including phenoxy) is 4. The van der Waals surface area contributed by atoms with Gasteiger partial charge in [0.1, 0.15) is 6.10 Å². The zero-order valence-corrected chi connectivity index (χ0v) is 10.5. The minimum Gasteiger partial charge on any atom is -0.374 e. The van der Waals surface area contributed by atoms with Gasteiger partial charge in [-0.1, -0.05) is 30.3 Å². The molecule has 98 valence electrons. The zero-order chi connectivity index (χ0) is 12.4. The van der Waals surface area contributed by atoms with Gasteiger partial charge < -0.3 is 18.9 Å². The number of hydrogen-bond donors (Lipinski definition) is 0. The second-order valence-corrected chi connectivity index (χ2v) is 4.74. The summed E-state index contributed by atoms with van der Waals surface area (Å²) in [7, 11) is 1.65. The molecule has 0 unspecified atom stereocenters. The van der Waals surface area contributed by atoms with Crippen molar-refractivity contribution in [3.63, 3.8) is 0 Å². The third-order valence-corrected chi connectivity index (χ3v) is 3.36. The highest BCUT2D eigenvalue weighted by molar-refractivity contribution is 5.13. The molecular formula is C14H18O4. The fourth-order valence-electron chi connectivity index (χ4n) is 2.35. The van der Waals surface area contributed by atoms with Crippen LogP contribution < -0.4 is 0 Å². The van der Waals surface area contributed by atoms with Gasteiger partial charge in [-0.05, 0) is 5.56 Å². The lowest BCUT2D eigenvalue weighted by atomic mass is 10.1. The lowest BCUT2D eigenvalue weighted by molar-refractivity contribution is -0.186. The molecule has 4 atom stereocenters. The predicted molar refractivity (Wildman–Crippen MR) is 65.0 cm³/mol. The summed E-state index contributed by atoms with van der Waals surface area (Å²) >= 11 is 0. The van der Waals surface area contributed by atoms with E-state index in [4.69, 9.17) is 18.9 Å². The quantitative estimate of drug-likeness (QED) is 0.746. The van der Waals surface area contributed by atoms with Crippen LogP contribution >= 0.6 is 0 Å². The van der Waals surface area contributed by atoms with Gasteiger partial charge in [0.2, 0.25) is 0 Å². The molecule has 1 aromatic rings. The van der Waals surface area contributed by atoms with E-state index < -0.39 is 0 Å². The van der Waals surface area contributed by atoms with Crippen LogP contribution in [-0.2, 0) is 25.6 Å². The first kappa shape index (κ1) is 12.1. The van der Waals surface area contributed by atoms with E-state index in [0.717, 1.165) is 6.42 Å². The molecular weight excluding hydrogens is 232 g/mol. The van der Waals surface area contributed by atoms with Crippen molar-refractivity contribution in [3.8, 4) is 0 Å². The van der Waals surface area contributed by atoms with Crippen LogP contribution in [0.4, 0.5) is 0 Å². The van der Waals surface area contributed by atoms with E-state index in [-0.39, 0.29) is 18.5 Å². The molecule has 2 saturated heterocycles. The van der Waals surface area contributed by atoms with Crippen LogP contribution in [0.25, 0.3) is 0 Å². The average molecular weight is 250 g/mol. The van der Waals surface area contributed by atoms with E-state index in [2.05, 4.69) is 12.1 Å². The maximum Gasteiger partial charge on any atom is 0.186 e. The molecule has 0 aromatic heterocycles. The van der Waals surface area contributed by atoms with Gasteiger partial charge in [-0.15, -0.1) is 0 Å². The fraction of sp³-hybridized carbons (Fsp3) is 0.571. The molecule has 0 N–H and O–H groups in total. The van der Waals surface area contributed by atoms with Crippen LogP contribution in [-0.4, -0.2) is 38.3 Å². The van der Waals surface area contributed by atoms with E-state index >= 15 is 0 Å². The number of epoxide rings is 1. The van der Waals surface area contributed by atoms with Crippen molar-refractivity contribution in [2.45, 2.75) is 37.6 Å². The number of hydrogen-bond acceptors (Lipinski definition) is 4. The summed E-state index contributed by atoms with van der Waals surface area (Å²) in [5.41, 5.74) is 1.18. The molecule has 4 heteroatoms. The minimum absolute atomic E-state index is 0.0717. The van der Waals surface area contributed by atoms with Gasteiger partial charge in [0.05, 0.1) is 25.4 Å². The molecule has 1 aromatic carbocycles. The maximum absolute atomic E-state index is 5.76. The minimum atomic E-state index is -0.228. The molecule has 0 saturated carbocycles. The Morgan fingerprint density at radius 1 is 1.22 bits per heavy atom. The molecule has 0 spiro atoms. The monoisotopic (exact) mass is 250 g/mol. The summed E-state index contributed by atoms with van der Waals surface area (Å²) in [5, 5.41) is 0. The van der Waals surface area contributed by atoms with Gasteiger partial charge >= 0.3 is 0 Å². The van der Waals surface area contributed by atoms with Crippen molar-refractivity contribution in [2.24, 2.45) is 0 Å². The SMILES string of the molecule is CO[C@@H]1O[C@@H](COCc2ccccc2)C[C@H]2O[C@@H]12. The second kappa shape index (κ2) is 5.36. The normalized spacial score (nSPS) is 34.1. The number of methoxy groups -OCH3 is 1. The highest BCUT2D eigenvalue weighted by Gasteiger charge is 2.51. The van der Waals surface area contributed by atoms with Crippen molar-refractivity contribution in [3.05, 3.63) is 35.9 Å². The third-order valence-electron chi connectivity index (χ3n) is 3.36. The zero-order valence-electron chi connectivity index (χ0n) is 10.5. The van der Waals surface area contributed by atoms with Crippen molar-refractivity contribution < 1.29 is 18.9 Å². The van der Waals surface area contributed by atoms with Gasteiger partial charge in [0, 0.05) is 13.5 Å². The van der Waals surface area contributed by atoms with Crippen molar-refractivity contribution >= 4 is 0 Å². The summed E-state index contributed by atoms with van der Waals surface area (Å²) in [5.74, 6) is 0. The van der Waals surface area contributed by atoms with Crippen LogP contribution in [0, 0.1) is 0 Å². The number of benzene rings is 1. The van der Waals surface area contributed by atoms with E-state index in [1.165, 1.54) is 5.56 Å². The molecule has 2 heterocycles. The molecule has 3 rings (SSSR count). The summed E-state index contributed by atoms with van der Waals surface area (Å²) in [4.78, 5) is 0. The number of fused-ring (bicyclic) bond motifs is 1. The average Bonchev–Trinajstić information content (AvgIpc) is 3.18. The summed E-state index contributed by atoms with van der Waals surface area (Å²) in [6.45, 7) is 1.20. The van der Waals surface area contributed by atoms with Crippen LogP contribution in [0.3, 0.4) is 0 Å². The first-order valence-corrected chi connectivity index (χ1v) is 6.32. The maximum atomic E-state index is 5.76. The Kier molecular flexibility index (Phi) is 3.61. The Balaban J connectivity index is 1.43. The Morgan fingerprint density at radius 2 is 2.06 bits per heavy atom. The van der Waals surface area contributed by atoms with Crippen molar-refractivity contribution in [2.75, 3.05) is 13.7 Å². The number of rotatable bonds is 5. The molecule has 4 nitrogen and oxygen atoms in total. The van der Waals surface area contributed by atoms with E-state index in [1.807, 2.05) is 18.2 Å². The van der Waals surface area contributed by atoms with Crippen molar-refractivity contribution in [1.82, 2.24) is 0 Å². The molecule has 18 heavy (non-hydrogen) atoms. The predicted octanol–water partition coefficient (Wildman–Crippen LogP) is 1.73. The van der Waals surface area contributed by atoms with Gasteiger partial charge in [-0.25, -0.2) is 0 Å². The Bertz CT molecular complexity index is 381. The van der Waals surface area contributed by atoms with Crippen LogP contribution in [0.15, 0.2) is 30.3 Å². The summed E-state index contributed by atoms with van der Waals surface area (Å²) in [6, 6.07) is 10.1. The molecule has 2 aliphatic heterocycles. The fourth-order valence-corrected chi connectivity index (χ4v) is 2.35. The lowest BCUT2D eigenvalue weighted by Gasteiger charge is -2.26. The second-order valence-electron chi connectivity index (χ2n) is 4.74. The van der Waals surface area contributed by atoms with Gasteiger partial charge in [0.15, 0.2) is 6.29 Å². The van der Waals surface area contributed by atoms with E-state index in [0.29, 0.717) is 19.3 Å². The first-order valence-electron chi connectivity index (χ1n) is 6.32. The summed E-state index contributed by atoms with van der Waals surface area (Å²) < 4.78 is 22.1. The van der Waals surface area contributed by atoms with Crippen LogP contribution in [0.5, 0.6) is 0 Å². The third kappa shape index (κ3) is 2.72. The molecule has 0 bridgehead atoms. The Morgan fingerprint density at radius 3 is 2.83 bits per heavy atom. The molecule has 2 fully saturated rings. The van der Waals surface area contributed by atoms with Gasteiger partial charge in [-0.3, -0.25) is 0 Å². The smallest absolute Gasteiger partial charge is 0.186 e. The van der Waals surface area contributed by atoms with Gasteiger partial charge in [0.25, 0.3) is 0 Å². The molecule has 0 amide bonds. The Hall–Kier alpha value is -0.940. The van der Waals surface area contributed by atoms with E-state index in [1.54, 1.807) is 7.11 Å². The van der Waals surface area contributed by atoms with E-state index in [9.17, 15) is 0 Å². The largest absolute Gasteiger partial charge is 0.374 e. The van der Waals surface area contributed by atoms with Crippen LogP contribution in [0.1, 0.15) is 12.0 Å². The van der Waals surface area contributed by atoms with Crippen molar-refractivity contribution in [1.29, 1.82) is 0 Å². The summed E-state index contributed by atoms with van der Waals surface area (Å²) in [6.07, 6.45) is 1.19. The first-order chi connectivity index (χ1) is 8.86. The standard InChI is InChI=1S/C14H18O4/c1-15-14-13-12(18-13)7-11(17-14)9-16-8-10-5-3-2-4-6-10/h2-6,11-14H,7-9H2,1H3/t11-,12-,13-,14-/m1/s1. The highest BCUT2D eigenvalue weighted by Crippen LogP contribution is 2.37. The topological polar surface area (TPSA) is 40.2 Å². The van der Waals surface area contributed by atoms with Gasteiger partial charge in [-0.2, -0.15) is 0 Å². The highest BCUT2D eigenvalue weighted by atomic mass is 16.7.